The third-order valence-corrected chi connectivity index (χ3v) is 2.20. The van der Waals surface area contributed by atoms with Gasteiger partial charge in [0.25, 0.3) is 0 Å². The van der Waals surface area contributed by atoms with Crippen LogP contribution in [0, 0.1) is 0 Å². The molecule has 2 saturated heterocycles. The van der Waals surface area contributed by atoms with Crippen molar-refractivity contribution in [3.63, 3.8) is 0 Å². The zero-order valence-corrected chi connectivity index (χ0v) is 6.14. The fourth-order valence-corrected chi connectivity index (χ4v) is 1.32. The van der Waals surface area contributed by atoms with Crippen LogP contribution >= 0.6 is 0 Å². The van der Waals surface area contributed by atoms with Crippen LogP contribution in [0.3, 0.4) is 0 Å². The van der Waals surface area contributed by atoms with Crippen LogP contribution in [0.4, 0.5) is 0 Å². The highest BCUT2D eigenvalue weighted by molar-refractivity contribution is 4.94. The maximum absolute atomic E-state index is 8.62. The summed E-state index contributed by atoms with van der Waals surface area (Å²) in [5.74, 6) is 0. The molecule has 0 aromatic heterocycles. The highest BCUT2D eigenvalue weighted by Crippen LogP contribution is 2.34. The molecule has 2 N–H and O–H groups in total. The zero-order valence-electron chi connectivity index (χ0n) is 6.14. The molecule has 0 radical (unpaired) electrons. The average molecular weight is 160 g/mol. The first-order chi connectivity index (χ1) is 5.35. The Morgan fingerprint density at radius 3 is 1.55 bits per heavy atom. The smallest absolute Gasteiger partial charge is 0.107 e. The molecule has 4 atom stereocenters. The molecular formula is C7H12O4. The van der Waals surface area contributed by atoms with E-state index in [9.17, 15) is 0 Å². The van der Waals surface area contributed by atoms with Crippen molar-refractivity contribution in [3.05, 3.63) is 0 Å². The molecule has 0 spiro atoms. The average Bonchev–Trinajstić information content (AvgIpc) is 2.87. The number of epoxide rings is 2. The van der Waals surface area contributed by atoms with Crippen LogP contribution in [0.25, 0.3) is 0 Å². The van der Waals surface area contributed by atoms with Crippen molar-refractivity contribution in [3.8, 4) is 0 Å². The highest BCUT2D eigenvalue weighted by atomic mass is 16.6. The van der Waals surface area contributed by atoms with Gasteiger partial charge >= 0.3 is 0 Å². The number of aliphatic hydroxyl groups excluding tert-OH is 2. The standard InChI is InChI=1S/C7H12O4/c8-2-6-4(10-6)1-5-7(3-9)11-5/h4-9H,1-3H2/t4-,5-,6-,7-/m0/s1. The Kier molecular flexibility index (Phi) is 1.85. The maximum atomic E-state index is 8.62. The van der Waals surface area contributed by atoms with Gasteiger partial charge in [-0.1, -0.05) is 0 Å². The number of hydrogen-bond acceptors (Lipinski definition) is 4. The Morgan fingerprint density at radius 2 is 1.27 bits per heavy atom. The molecule has 2 aliphatic rings. The van der Waals surface area contributed by atoms with Crippen LogP contribution < -0.4 is 0 Å². The summed E-state index contributed by atoms with van der Waals surface area (Å²) in [7, 11) is 0. The zero-order chi connectivity index (χ0) is 7.84. The van der Waals surface area contributed by atoms with Gasteiger partial charge in [-0.2, -0.15) is 0 Å². The second-order valence-corrected chi connectivity index (χ2v) is 3.03. The van der Waals surface area contributed by atoms with Crippen molar-refractivity contribution in [2.24, 2.45) is 0 Å². The Hall–Kier alpha value is -0.160. The van der Waals surface area contributed by atoms with Crippen molar-refractivity contribution >= 4 is 0 Å². The van der Waals surface area contributed by atoms with Crippen molar-refractivity contribution in [2.75, 3.05) is 13.2 Å². The fourth-order valence-electron chi connectivity index (χ4n) is 1.32. The molecule has 0 aromatic rings. The summed E-state index contributed by atoms with van der Waals surface area (Å²) in [6.45, 7) is 0.197. The molecule has 11 heavy (non-hydrogen) atoms. The lowest BCUT2D eigenvalue weighted by Crippen LogP contribution is -2.05. The first kappa shape index (κ1) is 7.49. The summed E-state index contributed by atoms with van der Waals surface area (Å²) in [5.41, 5.74) is 0. The minimum absolute atomic E-state index is 0.0264. The van der Waals surface area contributed by atoms with E-state index >= 15 is 0 Å². The van der Waals surface area contributed by atoms with Crippen molar-refractivity contribution in [2.45, 2.75) is 30.8 Å². The lowest BCUT2D eigenvalue weighted by Gasteiger charge is -1.86. The van der Waals surface area contributed by atoms with E-state index in [1.807, 2.05) is 0 Å². The maximum Gasteiger partial charge on any atom is 0.107 e. The normalized spacial score (nSPS) is 47.5. The van der Waals surface area contributed by atoms with E-state index in [4.69, 9.17) is 19.7 Å². The molecule has 64 valence electrons. The predicted molar refractivity (Wildman–Crippen MR) is 36.1 cm³/mol. The van der Waals surface area contributed by atoms with E-state index in [0.717, 1.165) is 6.42 Å². The summed E-state index contributed by atoms with van der Waals surface area (Å²) in [4.78, 5) is 0. The SMILES string of the molecule is OC[C@@H]1O[C@H]1C[C@@H]1O[C@H]1CO. The van der Waals surface area contributed by atoms with E-state index in [1.165, 1.54) is 0 Å². The van der Waals surface area contributed by atoms with Crippen molar-refractivity contribution in [1.29, 1.82) is 0 Å². The van der Waals surface area contributed by atoms with Gasteiger partial charge in [0.05, 0.1) is 25.4 Å². The van der Waals surface area contributed by atoms with Crippen LogP contribution in [0.15, 0.2) is 0 Å². The molecule has 2 rings (SSSR count). The molecule has 0 amide bonds. The number of rotatable bonds is 4. The van der Waals surface area contributed by atoms with Gasteiger partial charge in [0.15, 0.2) is 0 Å². The van der Waals surface area contributed by atoms with Crippen molar-refractivity contribution < 1.29 is 19.7 Å². The van der Waals surface area contributed by atoms with Gasteiger partial charge in [-0.05, 0) is 0 Å². The molecule has 0 aliphatic carbocycles. The monoisotopic (exact) mass is 160 g/mol. The van der Waals surface area contributed by atoms with Gasteiger partial charge in [-0.3, -0.25) is 0 Å². The van der Waals surface area contributed by atoms with E-state index < -0.39 is 0 Å². The Balaban J connectivity index is 1.62. The van der Waals surface area contributed by atoms with Crippen LogP contribution in [0.1, 0.15) is 6.42 Å². The van der Waals surface area contributed by atoms with Gasteiger partial charge in [-0.25, -0.2) is 0 Å². The summed E-state index contributed by atoms with van der Waals surface area (Å²) in [6.07, 6.45) is 1.20. The van der Waals surface area contributed by atoms with Crippen LogP contribution in [0.5, 0.6) is 0 Å². The van der Waals surface area contributed by atoms with E-state index in [0.29, 0.717) is 0 Å². The van der Waals surface area contributed by atoms with Crippen LogP contribution in [-0.2, 0) is 9.47 Å². The second-order valence-electron chi connectivity index (χ2n) is 3.03. The first-order valence-corrected chi connectivity index (χ1v) is 3.87. The molecule has 2 fully saturated rings. The van der Waals surface area contributed by atoms with E-state index in [-0.39, 0.29) is 37.6 Å². The van der Waals surface area contributed by atoms with Crippen LogP contribution in [-0.4, -0.2) is 47.8 Å². The first-order valence-electron chi connectivity index (χ1n) is 3.87. The molecule has 4 heteroatoms. The number of hydrogen-bond donors (Lipinski definition) is 2. The number of ether oxygens (including phenoxy) is 2. The lowest BCUT2D eigenvalue weighted by atomic mass is 10.1. The predicted octanol–water partition coefficient (Wildman–Crippen LogP) is -1.10. The molecule has 4 nitrogen and oxygen atoms in total. The summed E-state index contributed by atoms with van der Waals surface area (Å²) in [5, 5.41) is 17.2. The summed E-state index contributed by atoms with van der Waals surface area (Å²) >= 11 is 0. The van der Waals surface area contributed by atoms with Gasteiger partial charge in [0, 0.05) is 6.42 Å². The van der Waals surface area contributed by atoms with Gasteiger partial charge in [0.1, 0.15) is 12.2 Å². The molecule has 2 aliphatic heterocycles. The van der Waals surface area contributed by atoms with Gasteiger partial charge in [-0.15, -0.1) is 0 Å². The fraction of sp³-hybridized carbons (Fsp3) is 1.00. The molecular weight excluding hydrogens is 148 g/mol. The second kappa shape index (κ2) is 2.71. The molecule has 0 bridgehead atoms. The Labute approximate surface area is 64.7 Å². The van der Waals surface area contributed by atoms with Gasteiger partial charge in [0.2, 0.25) is 0 Å². The quantitative estimate of drug-likeness (QED) is 0.512. The largest absolute Gasteiger partial charge is 0.394 e. The van der Waals surface area contributed by atoms with Crippen LogP contribution in [0.2, 0.25) is 0 Å². The summed E-state index contributed by atoms with van der Waals surface area (Å²) in [6, 6.07) is 0. The minimum atomic E-state index is 0.0264. The third-order valence-electron chi connectivity index (χ3n) is 2.20. The van der Waals surface area contributed by atoms with Gasteiger partial charge < -0.3 is 19.7 Å². The minimum Gasteiger partial charge on any atom is -0.394 e. The number of aliphatic hydroxyl groups is 2. The third kappa shape index (κ3) is 1.54. The highest BCUT2D eigenvalue weighted by Gasteiger charge is 2.47. The molecule has 0 aromatic carbocycles. The van der Waals surface area contributed by atoms with E-state index in [1.54, 1.807) is 0 Å². The van der Waals surface area contributed by atoms with Crippen molar-refractivity contribution in [1.82, 2.24) is 0 Å². The topological polar surface area (TPSA) is 65.5 Å². The Morgan fingerprint density at radius 1 is 0.818 bits per heavy atom. The molecule has 0 saturated carbocycles. The summed E-state index contributed by atoms with van der Waals surface area (Å²) < 4.78 is 10.2. The Bertz CT molecular complexity index is 133. The lowest BCUT2D eigenvalue weighted by molar-refractivity contribution is 0.238. The van der Waals surface area contributed by atoms with E-state index in [2.05, 4.69) is 0 Å². The molecule has 2 heterocycles. The molecule has 0 unspecified atom stereocenters.